The SMILES string of the molecule is FC(F)(F)c1ccc(-c2c3ncoc3c(-c3ccc(C(F)(F)F)cc3C(F)(F)F)c3ncoc23)c(C(F)(F)F)c1. The zero-order valence-corrected chi connectivity index (χ0v) is 18.9. The van der Waals surface area contributed by atoms with E-state index >= 15 is 0 Å². The monoisotopic (exact) mass is 584 g/mol. The Balaban J connectivity index is 1.89. The summed E-state index contributed by atoms with van der Waals surface area (Å²) in [5, 5.41) is 0. The molecule has 5 rings (SSSR count). The molecule has 0 bridgehead atoms. The molecule has 0 atom stereocenters. The highest BCUT2D eigenvalue weighted by Gasteiger charge is 2.42. The number of hydrogen-bond acceptors (Lipinski definition) is 4. The van der Waals surface area contributed by atoms with Gasteiger partial charge in [0, 0.05) is 11.1 Å². The van der Waals surface area contributed by atoms with Crippen LogP contribution in [0.5, 0.6) is 0 Å². The molecular weight excluding hydrogens is 576 g/mol. The second kappa shape index (κ2) is 8.63. The molecule has 0 saturated carbocycles. The van der Waals surface area contributed by atoms with E-state index in [4.69, 9.17) is 8.83 Å². The van der Waals surface area contributed by atoms with Crippen molar-refractivity contribution >= 4 is 22.2 Å². The van der Waals surface area contributed by atoms with Gasteiger partial charge in [-0.1, -0.05) is 12.1 Å². The van der Waals surface area contributed by atoms with Crippen LogP contribution in [0.1, 0.15) is 22.3 Å². The Bertz CT molecular complexity index is 1580. The molecule has 0 aliphatic heterocycles. The van der Waals surface area contributed by atoms with Crippen LogP contribution < -0.4 is 0 Å². The zero-order valence-electron chi connectivity index (χ0n) is 18.9. The smallest absolute Gasteiger partial charge is 0.417 e. The van der Waals surface area contributed by atoms with Crippen molar-refractivity contribution in [3.8, 4) is 22.3 Å². The lowest BCUT2D eigenvalue weighted by molar-refractivity contribution is -0.144. The molecule has 0 fully saturated rings. The number of rotatable bonds is 2. The number of benzene rings is 3. The molecule has 40 heavy (non-hydrogen) atoms. The molecule has 0 aliphatic rings. The van der Waals surface area contributed by atoms with Crippen LogP contribution in [0.4, 0.5) is 52.7 Å². The maximum Gasteiger partial charge on any atom is 0.417 e. The molecule has 0 unspecified atom stereocenters. The highest BCUT2D eigenvalue weighted by atomic mass is 19.4. The Labute approximate surface area is 212 Å². The van der Waals surface area contributed by atoms with Crippen molar-refractivity contribution in [2.24, 2.45) is 0 Å². The van der Waals surface area contributed by atoms with Gasteiger partial charge in [-0.3, -0.25) is 0 Å². The third kappa shape index (κ3) is 4.50. The van der Waals surface area contributed by atoms with E-state index in [-0.39, 0.29) is 12.1 Å². The van der Waals surface area contributed by atoms with Crippen molar-refractivity contribution in [1.29, 1.82) is 0 Å². The molecule has 16 heteroatoms. The largest absolute Gasteiger partial charge is 0.443 e. The lowest BCUT2D eigenvalue weighted by atomic mass is 9.90. The average molecular weight is 584 g/mol. The summed E-state index contributed by atoms with van der Waals surface area (Å²) in [4.78, 5) is 7.50. The van der Waals surface area contributed by atoms with Crippen LogP contribution in [0.2, 0.25) is 0 Å². The van der Waals surface area contributed by atoms with Gasteiger partial charge in [-0.2, -0.15) is 52.7 Å². The number of halogens is 12. The van der Waals surface area contributed by atoms with Crippen LogP contribution in [0.3, 0.4) is 0 Å². The van der Waals surface area contributed by atoms with Gasteiger partial charge in [0.05, 0.1) is 33.4 Å². The molecule has 2 heterocycles. The Morgan fingerprint density at radius 2 is 0.825 bits per heavy atom. The van der Waals surface area contributed by atoms with E-state index < -0.39 is 91.4 Å². The van der Waals surface area contributed by atoms with Crippen molar-refractivity contribution in [2.75, 3.05) is 0 Å². The van der Waals surface area contributed by atoms with Gasteiger partial charge in [0.25, 0.3) is 0 Å². The fourth-order valence-electron chi connectivity index (χ4n) is 4.26. The summed E-state index contributed by atoms with van der Waals surface area (Å²) in [7, 11) is 0. The van der Waals surface area contributed by atoms with Crippen molar-refractivity contribution in [3.05, 3.63) is 71.4 Å². The van der Waals surface area contributed by atoms with Crippen LogP contribution in [-0.4, -0.2) is 9.97 Å². The summed E-state index contributed by atoms with van der Waals surface area (Å²) in [6.45, 7) is 0. The Kier molecular flexibility index (Phi) is 5.90. The van der Waals surface area contributed by atoms with Gasteiger partial charge >= 0.3 is 24.7 Å². The third-order valence-corrected chi connectivity index (χ3v) is 5.91. The van der Waals surface area contributed by atoms with E-state index in [1.807, 2.05) is 0 Å². The first-order chi connectivity index (χ1) is 18.4. The molecule has 0 amide bonds. The highest BCUT2D eigenvalue weighted by Crippen LogP contribution is 2.50. The minimum Gasteiger partial charge on any atom is -0.443 e. The number of fused-ring (bicyclic) bond motifs is 2. The lowest BCUT2D eigenvalue weighted by Crippen LogP contribution is -2.13. The van der Waals surface area contributed by atoms with Gasteiger partial charge in [0.15, 0.2) is 24.0 Å². The minimum absolute atomic E-state index is 0.158. The van der Waals surface area contributed by atoms with Gasteiger partial charge in [-0.05, 0) is 24.3 Å². The van der Waals surface area contributed by atoms with E-state index in [0.29, 0.717) is 37.1 Å². The number of nitrogens with zero attached hydrogens (tertiary/aromatic N) is 2. The number of hydrogen-bond donors (Lipinski definition) is 0. The fourth-order valence-corrected chi connectivity index (χ4v) is 4.26. The second-order valence-corrected chi connectivity index (χ2v) is 8.32. The Morgan fingerprint density at radius 3 is 1.12 bits per heavy atom. The summed E-state index contributed by atoms with van der Waals surface area (Å²) in [5.41, 5.74) is -12.2. The molecule has 0 radical (unpaired) electrons. The molecule has 0 spiro atoms. The van der Waals surface area contributed by atoms with Crippen molar-refractivity contribution in [3.63, 3.8) is 0 Å². The number of oxazole rings is 2. The van der Waals surface area contributed by atoms with Crippen LogP contribution in [-0.2, 0) is 24.7 Å². The normalized spacial score (nSPS) is 13.5. The number of aromatic nitrogens is 2. The summed E-state index contributed by atoms with van der Waals surface area (Å²) >= 11 is 0. The van der Waals surface area contributed by atoms with E-state index in [1.54, 1.807) is 0 Å². The molecule has 0 N–H and O–H groups in total. The van der Waals surface area contributed by atoms with Gasteiger partial charge in [0.2, 0.25) is 0 Å². The molecule has 210 valence electrons. The molecule has 3 aromatic carbocycles. The predicted octanol–water partition coefficient (Wildman–Crippen LogP) is 9.38. The van der Waals surface area contributed by atoms with Crippen LogP contribution >= 0.6 is 0 Å². The fraction of sp³-hybridized carbons (Fsp3) is 0.167. The molecule has 2 aromatic heterocycles. The third-order valence-electron chi connectivity index (χ3n) is 5.91. The molecule has 0 saturated heterocycles. The first kappa shape index (κ1) is 27.3. The van der Waals surface area contributed by atoms with Crippen LogP contribution in [0, 0.1) is 0 Å². The predicted molar refractivity (Wildman–Crippen MR) is 112 cm³/mol. The second-order valence-electron chi connectivity index (χ2n) is 8.32. The van der Waals surface area contributed by atoms with E-state index in [2.05, 4.69) is 9.97 Å². The van der Waals surface area contributed by atoms with Gasteiger partial charge in [0.1, 0.15) is 11.0 Å². The quantitative estimate of drug-likeness (QED) is 0.194. The van der Waals surface area contributed by atoms with E-state index in [1.165, 1.54) is 0 Å². The molecule has 5 aromatic rings. The molecule has 0 aliphatic carbocycles. The first-order valence-electron chi connectivity index (χ1n) is 10.6. The zero-order chi connectivity index (χ0) is 29.4. The van der Waals surface area contributed by atoms with Crippen LogP contribution in [0.15, 0.2) is 58.0 Å². The van der Waals surface area contributed by atoms with Crippen molar-refractivity contribution in [1.82, 2.24) is 9.97 Å². The topological polar surface area (TPSA) is 52.1 Å². The minimum atomic E-state index is -5.35. The molecule has 4 nitrogen and oxygen atoms in total. The average Bonchev–Trinajstić information content (AvgIpc) is 3.49. The lowest BCUT2D eigenvalue weighted by Gasteiger charge is -2.18. The maximum atomic E-state index is 13.9. The summed E-state index contributed by atoms with van der Waals surface area (Å²) in [6, 6.07) is 1.35. The summed E-state index contributed by atoms with van der Waals surface area (Å²) < 4.78 is 173. The van der Waals surface area contributed by atoms with Crippen molar-refractivity contribution < 1.29 is 61.5 Å². The summed E-state index contributed by atoms with van der Waals surface area (Å²) in [5.74, 6) is 0. The Morgan fingerprint density at radius 1 is 0.475 bits per heavy atom. The highest BCUT2D eigenvalue weighted by molar-refractivity contribution is 6.16. The Hall–Kier alpha value is -4.24. The van der Waals surface area contributed by atoms with Crippen molar-refractivity contribution in [2.45, 2.75) is 24.7 Å². The standard InChI is InChI=1S/C24H8F12N2O2/c25-21(26,27)9-1-3-11(13(5-9)23(31,32)33)15-17-20(40-7-37-17)16(18-19(15)39-8-38-18)12-4-2-10(22(28,29)30)6-14(12)24(34,35)36/h1-8H. The van der Waals surface area contributed by atoms with E-state index in [9.17, 15) is 52.7 Å². The summed E-state index contributed by atoms with van der Waals surface area (Å²) in [6.07, 6.45) is -19.7. The number of alkyl halides is 12. The maximum absolute atomic E-state index is 13.9. The van der Waals surface area contributed by atoms with E-state index in [0.717, 1.165) is 0 Å². The molecular formula is C24H8F12N2O2. The first-order valence-corrected chi connectivity index (χ1v) is 10.6. The van der Waals surface area contributed by atoms with Gasteiger partial charge < -0.3 is 8.83 Å². The van der Waals surface area contributed by atoms with Gasteiger partial charge in [-0.15, -0.1) is 0 Å². The van der Waals surface area contributed by atoms with Crippen LogP contribution in [0.25, 0.3) is 44.5 Å². The van der Waals surface area contributed by atoms with Gasteiger partial charge in [-0.25, -0.2) is 9.97 Å².